The second kappa shape index (κ2) is 8.45. The maximum Gasteiger partial charge on any atom is 0.265 e. The number of carbonyl (C=O) groups excluding carboxylic acids is 2. The van der Waals surface area contributed by atoms with Gasteiger partial charge in [-0.05, 0) is 41.1 Å². The van der Waals surface area contributed by atoms with Crippen LogP contribution >= 0.6 is 11.3 Å². The molecule has 0 bridgehead atoms. The van der Waals surface area contributed by atoms with Gasteiger partial charge in [0, 0.05) is 17.8 Å². The Morgan fingerprint density at radius 1 is 0.962 bits per heavy atom. The van der Waals surface area contributed by atoms with Crippen LogP contribution in [0.3, 0.4) is 0 Å². The zero-order valence-electron chi connectivity index (χ0n) is 14.4. The van der Waals surface area contributed by atoms with E-state index < -0.39 is 0 Å². The summed E-state index contributed by atoms with van der Waals surface area (Å²) in [6, 6.07) is 20.6. The lowest BCUT2D eigenvalue weighted by Gasteiger charge is -2.13. The number of carbonyl (C=O) groups is 2. The van der Waals surface area contributed by atoms with Crippen molar-refractivity contribution in [2.75, 3.05) is 11.9 Å². The molecule has 1 atom stereocenters. The van der Waals surface area contributed by atoms with Gasteiger partial charge in [0.2, 0.25) is 0 Å². The van der Waals surface area contributed by atoms with Crippen LogP contribution in [0.2, 0.25) is 0 Å². The van der Waals surface area contributed by atoms with Crippen LogP contribution < -0.4 is 10.6 Å². The summed E-state index contributed by atoms with van der Waals surface area (Å²) < 4.78 is 0. The Labute approximate surface area is 156 Å². The Kier molecular flexibility index (Phi) is 5.81. The minimum absolute atomic E-state index is 0.153. The molecule has 26 heavy (non-hydrogen) atoms. The van der Waals surface area contributed by atoms with E-state index in [2.05, 4.69) is 29.7 Å². The monoisotopic (exact) mass is 364 g/mol. The van der Waals surface area contributed by atoms with E-state index >= 15 is 0 Å². The fourth-order valence-corrected chi connectivity index (χ4v) is 3.20. The van der Waals surface area contributed by atoms with E-state index in [9.17, 15) is 9.59 Å². The summed E-state index contributed by atoms with van der Waals surface area (Å²) in [6.45, 7) is 2.63. The molecule has 0 saturated carbocycles. The average Bonchev–Trinajstić information content (AvgIpc) is 3.22. The number of amides is 2. The Balaban J connectivity index is 1.60. The SMILES string of the molecule is C[C@H](CNC(=O)c1cccc(NC(=O)c2cccs2)c1)c1ccccc1. The van der Waals surface area contributed by atoms with Gasteiger partial charge in [0.05, 0.1) is 4.88 Å². The summed E-state index contributed by atoms with van der Waals surface area (Å²) in [5.74, 6) is -0.0999. The topological polar surface area (TPSA) is 58.2 Å². The van der Waals surface area contributed by atoms with E-state index in [1.165, 1.54) is 16.9 Å². The molecule has 0 unspecified atom stereocenters. The summed E-state index contributed by atoms with van der Waals surface area (Å²) in [5, 5.41) is 7.63. The lowest BCUT2D eigenvalue weighted by atomic mass is 10.0. The van der Waals surface area contributed by atoms with Gasteiger partial charge in [0.1, 0.15) is 0 Å². The van der Waals surface area contributed by atoms with E-state index in [-0.39, 0.29) is 17.7 Å². The molecule has 0 fully saturated rings. The molecule has 4 nitrogen and oxygen atoms in total. The molecular formula is C21H20N2O2S. The van der Waals surface area contributed by atoms with Crippen molar-refractivity contribution in [1.29, 1.82) is 0 Å². The third kappa shape index (κ3) is 4.58. The van der Waals surface area contributed by atoms with Crippen molar-refractivity contribution in [2.24, 2.45) is 0 Å². The second-order valence-corrected chi connectivity index (χ2v) is 6.98. The second-order valence-electron chi connectivity index (χ2n) is 6.03. The van der Waals surface area contributed by atoms with Crippen molar-refractivity contribution >= 4 is 28.8 Å². The van der Waals surface area contributed by atoms with Crippen LogP contribution in [-0.2, 0) is 0 Å². The van der Waals surface area contributed by atoms with Crippen LogP contribution in [-0.4, -0.2) is 18.4 Å². The third-order valence-corrected chi connectivity index (χ3v) is 4.93. The molecule has 2 aromatic carbocycles. The molecular weight excluding hydrogens is 344 g/mol. The van der Waals surface area contributed by atoms with Crippen LogP contribution in [0, 0.1) is 0 Å². The summed E-state index contributed by atoms with van der Waals surface area (Å²) >= 11 is 1.38. The number of rotatable bonds is 6. The zero-order chi connectivity index (χ0) is 18.4. The van der Waals surface area contributed by atoms with Gasteiger partial charge in [-0.2, -0.15) is 0 Å². The number of hydrogen-bond acceptors (Lipinski definition) is 3. The molecule has 0 aliphatic heterocycles. The normalized spacial score (nSPS) is 11.6. The minimum atomic E-state index is -0.171. The molecule has 1 heterocycles. The van der Waals surface area contributed by atoms with E-state index in [0.29, 0.717) is 22.7 Å². The van der Waals surface area contributed by atoms with Crippen molar-refractivity contribution in [3.05, 3.63) is 88.1 Å². The van der Waals surface area contributed by atoms with Crippen molar-refractivity contribution in [1.82, 2.24) is 5.32 Å². The van der Waals surface area contributed by atoms with Crippen molar-refractivity contribution in [2.45, 2.75) is 12.8 Å². The number of nitrogens with one attached hydrogen (secondary N) is 2. The first kappa shape index (κ1) is 17.9. The first-order valence-corrected chi connectivity index (χ1v) is 9.29. The zero-order valence-corrected chi connectivity index (χ0v) is 15.3. The van der Waals surface area contributed by atoms with Crippen LogP contribution in [0.5, 0.6) is 0 Å². The molecule has 0 saturated heterocycles. The third-order valence-electron chi connectivity index (χ3n) is 4.07. The van der Waals surface area contributed by atoms with Crippen LogP contribution in [0.1, 0.15) is 38.4 Å². The molecule has 1 aromatic heterocycles. The van der Waals surface area contributed by atoms with Gasteiger partial charge >= 0.3 is 0 Å². The molecule has 0 aliphatic carbocycles. The highest BCUT2D eigenvalue weighted by Crippen LogP contribution is 2.16. The summed E-state index contributed by atoms with van der Waals surface area (Å²) in [7, 11) is 0. The minimum Gasteiger partial charge on any atom is -0.351 e. The Hall–Kier alpha value is -2.92. The Morgan fingerprint density at radius 3 is 2.50 bits per heavy atom. The van der Waals surface area contributed by atoms with Gasteiger partial charge in [-0.3, -0.25) is 9.59 Å². The molecule has 132 valence electrons. The molecule has 3 rings (SSSR count). The predicted molar refractivity (Wildman–Crippen MR) is 106 cm³/mol. The number of anilines is 1. The van der Waals surface area contributed by atoms with Gasteiger partial charge in [-0.25, -0.2) is 0 Å². The number of hydrogen-bond donors (Lipinski definition) is 2. The average molecular weight is 364 g/mol. The molecule has 0 radical (unpaired) electrons. The summed E-state index contributed by atoms with van der Waals surface area (Å²) in [5.41, 5.74) is 2.31. The lowest BCUT2D eigenvalue weighted by Crippen LogP contribution is -2.27. The van der Waals surface area contributed by atoms with Crippen LogP contribution in [0.15, 0.2) is 72.1 Å². The highest BCUT2D eigenvalue weighted by Gasteiger charge is 2.11. The van der Waals surface area contributed by atoms with E-state index in [1.807, 2.05) is 29.6 Å². The van der Waals surface area contributed by atoms with E-state index in [1.54, 1.807) is 30.3 Å². The van der Waals surface area contributed by atoms with Gasteiger partial charge in [0.25, 0.3) is 11.8 Å². The summed E-state index contributed by atoms with van der Waals surface area (Å²) in [6.07, 6.45) is 0. The van der Waals surface area contributed by atoms with E-state index in [0.717, 1.165) is 0 Å². The molecule has 0 spiro atoms. The molecule has 5 heteroatoms. The highest BCUT2D eigenvalue weighted by atomic mass is 32.1. The van der Waals surface area contributed by atoms with Gasteiger partial charge in [-0.15, -0.1) is 11.3 Å². The fourth-order valence-electron chi connectivity index (χ4n) is 2.59. The fraction of sp³-hybridized carbons (Fsp3) is 0.143. The van der Waals surface area contributed by atoms with Gasteiger partial charge in [-0.1, -0.05) is 49.4 Å². The number of benzene rings is 2. The number of thiophene rings is 1. The van der Waals surface area contributed by atoms with Gasteiger partial charge in [0.15, 0.2) is 0 Å². The lowest BCUT2D eigenvalue weighted by molar-refractivity contribution is 0.0950. The van der Waals surface area contributed by atoms with Crippen molar-refractivity contribution < 1.29 is 9.59 Å². The van der Waals surface area contributed by atoms with Crippen LogP contribution in [0.4, 0.5) is 5.69 Å². The smallest absolute Gasteiger partial charge is 0.265 e. The van der Waals surface area contributed by atoms with Gasteiger partial charge < -0.3 is 10.6 Å². The molecule has 3 aromatic rings. The van der Waals surface area contributed by atoms with Crippen molar-refractivity contribution in [3.63, 3.8) is 0 Å². The van der Waals surface area contributed by atoms with Crippen LogP contribution in [0.25, 0.3) is 0 Å². The standard InChI is InChI=1S/C21H20N2O2S/c1-15(16-7-3-2-4-8-16)14-22-20(24)17-9-5-10-18(13-17)23-21(25)19-11-6-12-26-19/h2-13,15H,14H2,1H3,(H,22,24)(H,23,25)/t15-/m1/s1. The molecule has 2 N–H and O–H groups in total. The highest BCUT2D eigenvalue weighted by molar-refractivity contribution is 7.12. The largest absolute Gasteiger partial charge is 0.351 e. The molecule has 0 aliphatic rings. The maximum atomic E-state index is 12.4. The Morgan fingerprint density at radius 2 is 1.77 bits per heavy atom. The van der Waals surface area contributed by atoms with E-state index in [4.69, 9.17) is 0 Å². The maximum absolute atomic E-state index is 12.4. The van der Waals surface area contributed by atoms with Crippen molar-refractivity contribution in [3.8, 4) is 0 Å². The first-order chi connectivity index (χ1) is 12.6. The summed E-state index contributed by atoms with van der Waals surface area (Å²) in [4.78, 5) is 25.2. The predicted octanol–water partition coefficient (Wildman–Crippen LogP) is 4.53. The first-order valence-electron chi connectivity index (χ1n) is 8.41. The Bertz CT molecular complexity index is 876. The quantitative estimate of drug-likeness (QED) is 0.675. The molecule has 2 amide bonds.